The van der Waals surface area contributed by atoms with E-state index in [0.717, 1.165) is 5.52 Å². The third-order valence-electron chi connectivity index (χ3n) is 3.60. The van der Waals surface area contributed by atoms with Gasteiger partial charge < -0.3 is 9.72 Å². The molecule has 0 aliphatic rings. The number of H-pyrrole nitrogens is 1. The molecular weight excluding hydrogens is 348 g/mol. The van der Waals surface area contributed by atoms with E-state index in [4.69, 9.17) is 4.74 Å². The predicted molar refractivity (Wildman–Crippen MR) is 79.1 cm³/mol. The molecule has 0 atom stereocenters. The van der Waals surface area contributed by atoms with Crippen LogP contribution in [0.4, 0.5) is 26.3 Å². The number of rotatable bonds is 3. The number of aromatic amines is 1. The van der Waals surface area contributed by atoms with Gasteiger partial charge in [0.05, 0.1) is 11.1 Å². The van der Waals surface area contributed by atoms with Crippen LogP contribution < -0.4 is 4.74 Å². The number of hydrogen-bond donors (Lipinski definition) is 1. The Morgan fingerprint density at radius 1 is 0.840 bits per heavy atom. The fourth-order valence-electron chi connectivity index (χ4n) is 2.45. The highest BCUT2D eigenvalue weighted by Gasteiger charge is 2.36. The average Bonchev–Trinajstić information content (AvgIpc) is 3.00. The van der Waals surface area contributed by atoms with E-state index >= 15 is 0 Å². The summed E-state index contributed by atoms with van der Waals surface area (Å²) in [5.41, 5.74) is -2.19. The standard InChI is InChI=1S/C17H11F6NO/c18-16(19,20)11-6-10(7-12(8-11)17(21,22)23)9-25-15-3-1-2-14-13(15)4-5-24-14/h1-8,24H,9H2. The van der Waals surface area contributed by atoms with Gasteiger partial charge >= 0.3 is 12.4 Å². The molecule has 132 valence electrons. The van der Waals surface area contributed by atoms with E-state index in [1.807, 2.05) is 0 Å². The third-order valence-corrected chi connectivity index (χ3v) is 3.60. The zero-order valence-electron chi connectivity index (χ0n) is 12.5. The van der Waals surface area contributed by atoms with E-state index < -0.39 is 30.1 Å². The molecule has 1 heterocycles. The van der Waals surface area contributed by atoms with Crippen molar-refractivity contribution in [3.8, 4) is 5.75 Å². The SMILES string of the molecule is FC(F)(F)c1cc(COc2cccc3[nH]ccc23)cc(C(F)(F)F)c1. The smallest absolute Gasteiger partial charge is 0.416 e. The summed E-state index contributed by atoms with van der Waals surface area (Å²) in [5, 5.41) is 0.686. The van der Waals surface area contributed by atoms with Crippen molar-refractivity contribution in [1.29, 1.82) is 0 Å². The number of benzene rings is 2. The summed E-state index contributed by atoms with van der Waals surface area (Å²) in [6.45, 7) is -0.419. The number of fused-ring (bicyclic) bond motifs is 1. The summed E-state index contributed by atoms with van der Waals surface area (Å²) >= 11 is 0. The molecule has 2 aromatic carbocycles. The monoisotopic (exact) mass is 359 g/mol. The molecular formula is C17H11F6NO. The maximum atomic E-state index is 12.9. The second-order valence-corrected chi connectivity index (χ2v) is 5.40. The van der Waals surface area contributed by atoms with Crippen LogP contribution >= 0.6 is 0 Å². The van der Waals surface area contributed by atoms with Crippen LogP contribution in [-0.2, 0) is 19.0 Å². The summed E-state index contributed by atoms with van der Waals surface area (Å²) in [5.74, 6) is 0.365. The molecule has 0 bridgehead atoms. The van der Waals surface area contributed by atoms with Gasteiger partial charge in [-0.25, -0.2) is 0 Å². The highest BCUT2D eigenvalue weighted by molar-refractivity contribution is 5.85. The molecule has 25 heavy (non-hydrogen) atoms. The highest BCUT2D eigenvalue weighted by Crippen LogP contribution is 2.36. The molecule has 1 N–H and O–H groups in total. The van der Waals surface area contributed by atoms with Gasteiger partial charge in [-0.05, 0) is 42.0 Å². The second-order valence-electron chi connectivity index (χ2n) is 5.40. The lowest BCUT2D eigenvalue weighted by atomic mass is 10.1. The van der Waals surface area contributed by atoms with Crippen molar-refractivity contribution in [3.05, 3.63) is 65.4 Å². The fourth-order valence-corrected chi connectivity index (χ4v) is 2.45. The Morgan fingerprint density at radius 2 is 1.48 bits per heavy atom. The topological polar surface area (TPSA) is 25.0 Å². The van der Waals surface area contributed by atoms with E-state index in [9.17, 15) is 26.3 Å². The fraction of sp³-hybridized carbons (Fsp3) is 0.176. The van der Waals surface area contributed by atoms with Gasteiger partial charge in [-0.2, -0.15) is 26.3 Å². The molecule has 1 aromatic heterocycles. The number of aromatic nitrogens is 1. The lowest BCUT2D eigenvalue weighted by molar-refractivity contribution is -0.143. The van der Waals surface area contributed by atoms with Gasteiger partial charge in [-0.15, -0.1) is 0 Å². The van der Waals surface area contributed by atoms with Gasteiger partial charge in [0.15, 0.2) is 0 Å². The lowest BCUT2D eigenvalue weighted by Crippen LogP contribution is -2.12. The molecule has 3 rings (SSSR count). The van der Waals surface area contributed by atoms with Crippen LogP contribution in [0.3, 0.4) is 0 Å². The van der Waals surface area contributed by atoms with Crippen LogP contribution in [-0.4, -0.2) is 4.98 Å². The Bertz CT molecular complexity index is 862. The number of hydrogen-bond acceptors (Lipinski definition) is 1. The van der Waals surface area contributed by atoms with Crippen LogP contribution in [0.15, 0.2) is 48.7 Å². The minimum absolute atomic E-state index is 0.0936. The summed E-state index contributed by atoms with van der Waals surface area (Å²) < 4.78 is 82.6. The van der Waals surface area contributed by atoms with E-state index in [-0.39, 0.29) is 11.6 Å². The van der Waals surface area contributed by atoms with Gasteiger partial charge in [-0.1, -0.05) is 6.07 Å². The number of ether oxygens (including phenoxy) is 1. The van der Waals surface area contributed by atoms with Crippen LogP contribution in [0, 0.1) is 0 Å². The van der Waals surface area contributed by atoms with E-state index in [1.165, 1.54) is 0 Å². The molecule has 0 fully saturated rings. The molecule has 0 saturated heterocycles. The Kier molecular flexibility index (Phi) is 4.14. The first kappa shape index (κ1) is 17.2. The predicted octanol–water partition coefficient (Wildman–Crippen LogP) is 5.78. The first-order valence-corrected chi connectivity index (χ1v) is 7.12. The summed E-state index contributed by atoms with van der Waals surface area (Å²) in [4.78, 5) is 2.94. The molecule has 0 aliphatic heterocycles. The van der Waals surface area contributed by atoms with Crippen molar-refractivity contribution in [3.63, 3.8) is 0 Å². The summed E-state index contributed by atoms with van der Waals surface area (Å²) in [6, 6.07) is 8.15. The van der Waals surface area contributed by atoms with Crippen LogP contribution in [0.2, 0.25) is 0 Å². The summed E-state index contributed by atoms with van der Waals surface area (Å²) in [6.07, 6.45) is -8.10. The number of halogens is 6. The Balaban J connectivity index is 1.92. The maximum absolute atomic E-state index is 12.9. The number of nitrogens with one attached hydrogen (secondary N) is 1. The van der Waals surface area contributed by atoms with Gasteiger partial charge in [0, 0.05) is 17.1 Å². The largest absolute Gasteiger partial charge is 0.488 e. The van der Waals surface area contributed by atoms with Crippen molar-refractivity contribution >= 4 is 10.9 Å². The average molecular weight is 359 g/mol. The molecule has 2 nitrogen and oxygen atoms in total. The van der Waals surface area contributed by atoms with Gasteiger partial charge in [-0.3, -0.25) is 0 Å². The lowest BCUT2D eigenvalue weighted by Gasteiger charge is -2.15. The van der Waals surface area contributed by atoms with Crippen molar-refractivity contribution in [1.82, 2.24) is 4.98 Å². The third kappa shape index (κ3) is 3.72. The minimum Gasteiger partial charge on any atom is -0.488 e. The van der Waals surface area contributed by atoms with Crippen LogP contribution in [0.25, 0.3) is 10.9 Å². The van der Waals surface area contributed by atoms with Crippen LogP contribution in [0.5, 0.6) is 5.75 Å². The Labute approximate surface area is 138 Å². The molecule has 8 heteroatoms. The quantitative estimate of drug-likeness (QED) is 0.589. The van der Waals surface area contributed by atoms with E-state index in [0.29, 0.717) is 23.3 Å². The van der Waals surface area contributed by atoms with Gasteiger partial charge in [0.2, 0.25) is 0 Å². The minimum atomic E-state index is -4.88. The Hall–Kier alpha value is -2.64. The van der Waals surface area contributed by atoms with Crippen molar-refractivity contribution in [2.75, 3.05) is 0 Å². The van der Waals surface area contributed by atoms with Crippen molar-refractivity contribution in [2.24, 2.45) is 0 Å². The first-order valence-electron chi connectivity index (χ1n) is 7.12. The van der Waals surface area contributed by atoms with Crippen molar-refractivity contribution < 1.29 is 31.1 Å². The zero-order chi connectivity index (χ0) is 18.2. The highest BCUT2D eigenvalue weighted by atomic mass is 19.4. The van der Waals surface area contributed by atoms with Gasteiger partial charge in [0.25, 0.3) is 0 Å². The van der Waals surface area contributed by atoms with Crippen LogP contribution in [0.1, 0.15) is 16.7 Å². The van der Waals surface area contributed by atoms with E-state index in [1.54, 1.807) is 30.5 Å². The number of alkyl halides is 6. The summed E-state index contributed by atoms with van der Waals surface area (Å²) in [7, 11) is 0. The molecule has 0 aliphatic carbocycles. The molecule has 3 aromatic rings. The zero-order valence-corrected chi connectivity index (χ0v) is 12.5. The van der Waals surface area contributed by atoms with Gasteiger partial charge in [0.1, 0.15) is 12.4 Å². The molecule has 0 amide bonds. The molecule has 0 unspecified atom stereocenters. The molecule has 0 spiro atoms. The first-order chi connectivity index (χ1) is 11.6. The molecule has 0 radical (unpaired) electrons. The normalized spacial score (nSPS) is 12.6. The second kappa shape index (κ2) is 6.02. The van der Waals surface area contributed by atoms with Crippen molar-refractivity contribution in [2.45, 2.75) is 19.0 Å². The molecule has 0 saturated carbocycles. The Morgan fingerprint density at radius 3 is 2.08 bits per heavy atom. The van der Waals surface area contributed by atoms with E-state index in [2.05, 4.69) is 4.98 Å². The maximum Gasteiger partial charge on any atom is 0.416 e.